The molecule has 18 heavy (non-hydrogen) atoms. The Morgan fingerprint density at radius 1 is 1.44 bits per heavy atom. The van der Waals surface area contributed by atoms with Crippen LogP contribution in [0, 0.1) is 5.92 Å². The molecule has 3 nitrogen and oxygen atoms in total. The highest BCUT2D eigenvalue weighted by Gasteiger charge is 2.29. The molecule has 0 aliphatic carbocycles. The lowest BCUT2D eigenvalue weighted by atomic mass is 9.97. The van der Waals surface area contributed by atoms with Crippen LogP contribution >= 0.6 is 15.9 Å². The van der Waals surface area contributed by atoms with Crippen LogP contribution in [0.3, 0.4) is 0 Å². The smallest absolute Gasteiger partial charge is 0.114 e. The Morgan fingerprint density at radius 3 is 2.94 bits per heavy atom. The first-order valence-electron chi connectivity index (χ1n) is 6.57. The fourth-order valence-corrected chi connectivity index (χ4v) is 3.24. The second-order valence-corrected chi connectivity index (χ2v) is 6.00. The van der Waals surface area contributed by atoms with Crippen molar-refractivity contribution in [1.29, 1.82) is 0 Å². The minimum absolute atomic E-state index is 0.538. The summed E-state index contributed by atoms with van der Waals surface area (Å²) in [6, 6.07) is 6.36. The molecular weight excluding hydrogens is 290 g/mol. The maximum Gasteiger partial charge on any atom is 0.114 e. The number of fused-ring (bicyclic) bond motifs is 1. The topological polar surface area (TPSA) is 29.9 Å². The van der Waals surface area contributed by atoms with Crippen LogP contribution in [0.2, 0.25) is 0 Å². The molecule has 1 aliphatic rings. The summed E-state index contributed by atoms with van der Waals surface area (Å²) in [5, 5.41) is 3.47. The van der Waals surface area contributed by atoms with Crippen molar-refractivity contribution in [2.75, 3.05) is 13.1 Å². The van der Waals surface area contributed by atoms with Gasteiger partial charge >= 0.3 is 0 Å². The summed E-state index contributed by atoms with van der Waals surface area (Å²) in [6.45, 7) is 7.63. The minimum Gasteiger partial charge on any atom is -0.328 e. The van der Waals surface area contributed by atoms with Crippen molar-refractivity contribution in [1.82, 2.24) is 14.9 Å². The van der Waals surface area contributed by atoms with Gasteiger partial charge in [-0.25, -0.2) is 4.98 Å². The Bertz CT molecular complexity index is 576. The average molecular weight is 308 g/mol. The first-order valence-corrected chi connectivity index (χ1v) is 7.36. The van der Waals surface area contributed by atoms with Crippen LogP contribution in [0.1, 0.15) is 25.6 Å². The Balaban J connectivity index is 2.16. The Hall–Kier alpha value is -0.870. The van der Waals surface area contributed by atoms with Crippen molar-refractivity contribution >= 4 is 27.0 Å². The maximum atomic E-state index is 4.87. The predicted octanol–water partition coefficient (Wildman–Crippen LogP) is 3.14. The molecule has 4 heteroatoms. The van der Waals surface area contributed by atoms with Crippen LogP contribution in [0.4, 0.5) is 0 Å². The van der Waals surface area contributed by atoms with Gasteiger partial charge in [-0.15, -0.1) is 0 Å². The molecule has 0 bridgehead atoms. The zero-order valence-corrected chi connectivity index (χ0v) is 12.4. The first-order chi connectivity index (χ1) is 8.70. The molecule has 2 atom stereocenters. The van der Waals surface area contributed by atoms with Crippen LogP contribution in [-0.2, 0) is 6.54 Å². The van der Waals surface area contributed by atoms with E-state index in [9.17, 15) is 0 Å². The second kappa shape index (κ2) is 4.67. The molecule has 2 heterocycles. The maximum absolute atomic E-state index is 4.87. The van der Waals surface area contributed by atoms with E-state index in [1.54, 1.807) is 0 Å². The van der Waals surface area contributed by atoms with E-state index in [4.69, 9.17) is 4.98 Å². The van der Waals surface area contributed by atoms with Gasteiger partial charge in [-0.3, -0.25) is 0 Å². The normalized spacial score (nSPS) is 23.9. The minimum atomic E-state index is 0.538. The van der Waals surface area contributed by atoms with E-state index in [2.05, 4.69) is 57.9 Å². The van der Waals surface area contributed by atoms with E-state index in [0.717, 1.165) is 29.6 Å². The van der Waals surface area contributed by atoms with Crippen molar-refractivity contribution in [3.8, 4) is 0 Å². The summed E-state index contributed by atoms with van der Waals surface area (Å²) in [5.41, 5.74) is 2.34. The molecule has 0 amide bonds. The first kappa shape index (κ1) is 12.2. The van der Waals surface area contributed by atoms with Crippen molar-refractivity contribution in [2.45, 2.75) is 26.3 Å². The lowest BCUT2D eigenvalue weighted by Gasteiger charge is -2.15. The highest BCUT2D eigenvalue weighted by molar-refractivity contribution is 9.10. The molecule has 1 saturated heterocycles. The molecular formula is C14H18BrN3. The van der Waals surface area contributed by atoms with Gasteiger partial charge in [0.25, 0.3) is 0 Å². The number of rotatable bonds is 2. The van der Waals surface area contributed by atoms with E-state index in [-0.39, 0.29) is 0 Å². The van der Waals surface area contributed by atoms with Crippen LogP contribution in [0.25, 0.3) is 11.0 Å². The third-order valence-electron chi connectivity index (χ3n) is 3.91. The highest BCUT2D eigenvalue weighted by Crippen LogP contribution is 2.30. The number of aromatic nitrogens is 2. The Labute approximate surface area is 116 Å². The van der Waals surface area contributed by atoms with Crippen molar-refractivity contribution in [2.24, 2.45) is 5.92 Å². The van der Waals surface area contributed by atoms with Gasteiger partial charge in [-0.2, -0.15) is 0 Å². The third kappa shape index (κ3) is 1.88. The molecule has 3 rings (SSSR count). The lowest BCUT2D eigenvalue weighted by Crippen LogP contribution is -2.14. The van der Waals surface area contributed by atoms with Gasteiger partial charge in [0.15, 0.2) is 0 Å². The monoisotopic (exact) mass is 307 g/mol. The molecule has 1 aliphatic heterocycles. The number of hydrogen-bond donors (Lipinski definition) is 1. The van der Waals surface area contributed by atoms with Gasteiger partial charge in [0.05, 0.1) is 11.0 Å². The summed E-state index contributed by atoms with van der Waals surface area (Å²) in [4.78, 5) is 4.87. The van der Waals surface area contributed by atoms with E-state index in [1.807, 2.05) is 0 Å². The second-order valence-electron chi connectivity index (χ2n) is 5.09. The molecule has 0 radical (unpaired) electrons. The number of halogens is 1. The van der Waals surface area contributed by atoms with E-state index in [1.165, 1.54) is 11.3 Å². The van der Waals surface area contributed by atoms with Crippen LogP contribution in [-0.4, -0.2) is 22.6 Å². The third-order valence-corrected chi connectivity index (χ3v) is 4.40. The summed E-state index contributed by atoms with van der Waals surface area (Å²) >= 11 is 3.52. The largest absolute Gasteiger partial charge is 0.328 e. The molecule has 1 fully saturated rings. The standard InChI is InChI=1S/C14H18BrN3/c1-3-18-13-5-4-10(15)6-12(13)17-14(18)11-8-16-7-9(11)2/h4-6,9,11,16H,3,7-8H2,1-2H3/t9-,11-/m1/s1. The van der Waals surface area contributed by atoms with Crippen molar-refractivity contribution in [3.05, 3.63) is 28.5 Å². The van der Waals surface area contributed by atoms with E-state index in [0.29, 0.717) is 11.8 Å². The fraction of sp³-hybridized carbons (Fsp3) is 0.500. The summed E-state index contributed by atoms with van der Waals surface area (Å²) < 4.78 is 3.45. The molecule has 1 aromatic heterocycles. The SMILES string of the molecule is CCn1c([C@@H]2CNC[C@H]2C)nc2cc(Br)ccc21. The summed E-state index contributed by atoms with van der Waals surface area (Å²) in [5.74, 6) is 2.44. The zero-order chi connectivity index (χ0) is 12.7. The Morgan fingerprint density at radius 2 is 2.28 bits per heavy atom. The van der Waals surface area contributed by atoms with Gasteiger partial charge in [-0.1, -0.05) is 22.9 Å². The number of nitrogens with one attached hydrogen (secondary N) is 1. The number of benzene rings is 1. The van der Waals surface area contributed by atoms with Crippen LogP contribution in [0.5, 0.6) is 0 Å². The Kier molecular flexibility index (Phi) is 3.16. The molecule has 96 valence electrons. The summed E-state index contributed by atoms with van der Waals surface area (Å²) in [6.07, 6.45) is 0. The van der Waals surface area contributed by atoms with Gasteiger partial charge in [0.1, 0.15) is 5.82 Å². The van der Waals surface area contributed by atoms with Gasteiger partial charge in [-0.05, 0) is 37.6 Å². The number of hydrogen-bond acceptors (Lipinski definition) is 2. The van der Waals surface area contributed by atoms with E-state index < -0.39 is 0 Å². The van der Waals surface area contributed by atoms with E-state index >= 15 is 0 Å². The van der Waals surface area contributed by atoms with Crippen LogP contribution < -0.4 is 5.32 Å². The number of imidazole rings is 1. The molecule has 0 saturated carbocycles. The molecule has 1 N–H and O–H groups in total. The molecule has 2 aromatic rings. The fourth-order valence-electron chi connectivity index (χ4n) is 2.89. The van der Waals surface area contributed by atoms with Gasteiger partial charge in [0, 0.05) is 23.5 Å². The quantitative estimate of drug-likeness (QED) is 0.923. The van der Waals surface area contributed by atoms with Gasteiger partial charge < -0.3 is 9.88 Å². The summed E-state index contributed by atoms with van der Waals surface area (Å²) in [7, 11) is 0. The lowest BCUT2D eigenvalue weighted by molar-refractivity contribution is 0.522. The zero-order valence-electron chi connectivity index (χ0n) is 10.8. The average Bonchev–Trinajstić information content (AvgIpc) is 2.91. The number of nitrogens with zero attached hydrogens (tertiary/aromatic N) is 2. The number of aryl methyl sites for hydroxylation is 1. The van der Waals surface area contributed by atoms with Crippen LogP contribution in [0.15, 0.2) is 22.7 Å². The predicted molar refractivity (Wildman–Crippen MR) is 77.9 cm³/mol. The van der Waals surface area contributed by atoms with Crippen molar-refractivity contribution in [3.63, 3.8) is 0 Å². The molecule has 1 aromatic carbocycles. The highest BCUT2D eigenvalue weighted by atomic mass is 79.9. The molecule has 0 spiro atoms. The van der Waals surface area contributed by atoms with Gasteiger partial charge in [0.2, 0.25) is 0 Å². The molecule has 0 unspecified atom stereocenters. The van der Waals surface area contributed by atoms with Crippen molar-refractivity contribution < 1.29 is 0 Å².